The standard InChI is InChI=1S/C26H26N6/c27-11-9-25-29-15-23(31-25)18-3-1-17(2-4-18)19-5-6-21-14-22(8-7-20(21)13-19)24-16-30-26(32-24)10-12-28/h1-8,13-16H,9-12,27-28H2,(H,29,31)(H,30,32). The van der Waals surface area contributed by atoms with E-state index in [1.807, 2.05) is 12.4 Å². The number of imidazole rings is 2. The molecule has 0 fully saturated rings. The SMILES string of the molecule is NCCc1ncc(-c2ccc(-c3ccc4cc(-c5cnc(CCN)[nH]5)ccc4c3)cc2)[nH]1. The van der Waals surface area contributed by atoms with E-state index >= 15 is 0 Å². The molecular weight excluding hydrogens is 396 g/mol. The van der Waals surface area contributed by atoms with Gasteiger partial charge in [-0.1, -0.05) is 48.5 Å². The molecule has 0 radical (unpaired) electrons. The summed E-state index contributed by atoms with van der Waals surface area (Å²) >= 11 is 0. The average Bonchev–Trinajstić information content (AvgIpc) is 3.49. The van der Waals surface area contributed by atoms with Gasteiger partial charge in [0.15, 0.2) is 0 Å². The lowest BCUT2D eigenvalue weighted by Gasteiger charge is -2.07. The number of aromatic amines is 2. The number of fused-ring (bicyclic) bond motifs is 1. The first-order valence-corrected chi connectivity index (χ1v) is 10.9. The van der Waals surface area contributed by atoms with Crippen molar-refractivity contribution >= 4 is 10.8 Å². The van der Waals surface area contributed by atoms with Crippen LogP contribution in [-0.4, -0.2) is 33.0 Å². The van der Waals surface area contributed by atoms with Crippen LogP contribution in [0.3, 0.4) is 0 Å². The molecule has 5 aromatic rings. The number of aromatic nitrogens is 4. The van der Waals surface area contributed by atoms with E-state index in [1.54, 1.807) is 0 Å². The first-order chi connectivity index (χ1) is 15.7. The van der Waals surface area contributed by atoms with E-state index in [2.05, 4.69) is 80.6 Å². The molecule has 0 spiro atoms. The third kappa shape index (κ3) is 4.06. The van der Waals surface area contributed by atoms with Crippen LogP contribution in [0.1, 0.15) is 11.6 Å². The molecule has 0 aliphatic heterocycles. The summed E-state index contributed by atoms with van der Waals surface area (Å²) in [7, 11) is 0. The van der Waals surface area contributed by atoms with Crippen LogP contribution in [0.4, 0.5) is 0 Å². The monoisotopic (exact) mass is 422 g/mol. The van der Waals surface area contributed by atoms with Crippen molar-refractivity contribution in [3.05, 3.63) is 84.7 Å². The Morgan fingerprint density at radius 3 is 1.62 bits per heavy atom. The van der Waals surface area contributed by atoms with Crippen LogP contribution in [0.15, 0.2) is 73.1 Å². The summed E-state index contributed by atoms with van der Waals surface area (Å²) in [5.74, 6) is 1.85. The predicted molar refractivity (Wildman–Crippen MR) is 130 cm³/mol. The molecule has 6 heteroatoms. The Bertz CT molecular complexity index is 1350. The van der Waals surface area contributed by atoms with Gasteiger partial charge in [-0.15, -0.1) is 0 Å². The van der Waals surface area contributed by atoms with Crippen molar-refractivity contribution < 1.29 is 0 Å². The summed E-state index contributed by atoms with van der Waals surface area (Å²) < 4.78 is 0. The summed E-state index contributed by atoms with van der Waals surface area (Å²) in [5.41, 5.74) is 17.9. The number of H-pyrrole nitrogens is 2. The number of nitrogens with one attached hydrogen (secondary N) is 2. The highest BCUT2D eigenvalue weighted by Crippen LogP contribution is 2.29. The van der Waals surface area contributed by atoms with Crippen molar-refractivity contribution in [1.29, 1.82) is 0 Å². The topological polar surface area (TPSA) is 109 Å². The van der Waals surface area contributed by atoms with E-state index in [0.717, 1.165) is 47.0 Å². The Hall–Kier alpha value is -3.74. The Morgan fingerprint density at radius 1 is 0.562 bits per heavy atom. The molecule has 32 heavy (non-hydrogen) atoms. The fraction of sp³-hybridized carbons (Fsp3) is 0.154. The van der Waals surface area contributed by atoms with Gasteiger partial charge in [0, 0.05) is 18.4 Å². The molecule has 0 saturated heterocycles. The van der Waals surface area contributed by atoms with Crippen LogP contribution in [-0.2, 0) is 12.8 Å². The van der Waals surface area contributed by atoms with Gasteiger partial charge in [0.05, 0.1) is 23.8 Å². The Morgan fingerprint density at radius 2 is 1.03 bits per heavy atom. The fourth-order valence-corrected chi connectivity index (χ4v) is 3.98. The zero-order valence-corrected chi connectivity index (χ0v) is 17.8. The first kappa shape index (κ1) is 20.2. The van der Waals surface area contributed by atoms with Crippen molar-refractivity contribution in [1.82, 2.24) is 19.9 Å². The Balaban J connectivity index is 1.39. The maximum Gasteiger partial charge on any atom is 0.107 e. The molecule has 0 amide bonds. The molecule has 5 rings (SSSR count). The van der Waals surface area contributed by atoms with Crippen molar-refractivity contribution in [2.45, 2.75) is 12.8 Å². The van der Waals surface area contributed by atoms with Crippen molar-refractivity contribution in [3.63, 3.8) is 0 Å². The molecule has 0 bridgehead atoms. The second-order valence-electron chi connectivity index (χ2n) is 7.92. The molecule has 0 atom stereocenters. The molecule has 6 N–H and O–H groups in total. The largest absolute Gasteiger partial charge is 0.342 e. The molecule has 160 valence electrons. The number of rotatable bonds is 7. The summed E-state index contributed by atoms with van der Waals surface area (Å²) in [4.78, 5) is 15.5. The number of nitrogens with zero attached hydrogens (tertiary/aromatic N) is 2. The minimum Gasteiger partial charge on any atom is -0.342 e. The van der Waals surface area contributed by atoms with Crippen molar-refractivity contribution in [3.8, 4) is 33.6 Å². The minimum atomic E-state index is 0.589. The number of nitrogens with two attached hydrogens (primary N) is 2. The highest BCUT2D eigenvalue weighted by Gasteiger charge is 2.07. The number of hydrogen-bond acceptors (Lipinski definition) is 4. The zero-order chi connectivity index (χ0) is 21.9. The van der Waals surface area contributed by atoms with Gasteiger partial charge in [0.1, 0.15) is 11.6 Å². The summed E-state index contributed by atoms with van der Waals surface area (Å²) in [5, 5.41) is 2.40. The lowest BCUT2D eigenvalue weighted by molar-refractivity contribution is 0.895. The molecule has 2 heterocycles. The molecular formula is C26H26N6. The minimum absolute atomic E-state index is 0.589. The highest BCUT2D eigenvalue weighted by molar-refractivity contribution is 5.90. The molecule has 0 aliphatic carbocycles. The molecule has 2 aromatic heterocycles. The van der Waals surface area contributed by atoms with Crippen LogP contribution in [0, 0.1) is 0 Å². The quantitative estimate of drug-likeness (QED) is 0.314. The van der Waals surface area contributed by atoms with Gasteiger partial charge in [0.2, 0.25) is 0 Å². The van der Waals surface area contributed by atoms with E-state index in [4.69, 9.17) is 11.5 Å². The van der Waals surface area contributed by atoms with Gasteiger partial charge >= 0.3 is 0 Å². The Kier molecular flexibility index (Phi) is 5.54. The second kappa shape index (κ2) is 8.78. The molecule has 3 aromatic carbocycles. The van der Waals surface area contributed by atoms with Gasteiger partial charge in [0.25, 0.3) is 0 Å². The van der Waals surface area contributed by atoms with E-state index in [0.29, 0.717) is 13.1 Å². The van der Waals surface area contributed by atoms with Gasteiger partial charge < -0.3 is 21.4 Å². The van der Waals surface area contributed by atoms with Crippen LogP contribution in [0.25, 0.3) is 44.4 Å². The Labute approximate surface area is 186 Å². The van der Waals surface area contributed by atoms with Gasteiger partial charge in [-0.3, -0.25) is 0 Å². The zero-order valence-electron chi connectivity index (χ0n) is 17.8. The molecule has 0 aliphatic rings. The highest BCUT2D eigenvalue weighted by atomic mass is 14.9. The number of benzene rings is 3. The van der Waals surface area contributed by atoms with Crippen LogP contribution in [0.5, 0.6) is 0 Å². The third-order valence-corrected chi connectivity index (χ3v) is 5.70. The second-order valence-corrected chi connectivity index (χ2v) is 7.92. The lowest BCUT2D eigenvalue weighted by atomic mass is 9.98. The van der Waals surface area contributed by atoms with Gasteiger partial charge in [-0.25, -0.2) is 9.97 Å². The average molecular weight is 423 g/mol. The third-order valence-electron chi connectivity index (χ3n) is 5.70. The molecule has 6 nitrogen and oxygen atoms in total. The van der Waals surface area contributed by atoms with Gasteiger partial charge in [-0.05, 0) is 52.7 Å². The lowest BCUT2D eigenvalue weighted by Crippen LogP contribution is -2.03. The van der Waals surface area contributed by atoms with Crippen LogP contribution in [0.2, 0.25) is 0 Å². The first-order valence-electron chi connectivity index (χ1n) is 10.9. The van der Waals surface area contributed by atoms with Crippen LogP contribution < -0.4 is 11.5 Å². The predicted octanol–water partition coefficient (Wildman–Crippen LogP) is 4.29. The van der Waals surface area contributed by atoms with Crippen molar-refractivity contribution in [2.75, 3.05) is 13.1 Å². The summed E-state index contributed by atoms with van der Waals surface area (Å²) in [6.07, 6.45) is 5.25. The number of hydrogen-bond donors (Lipinski definition) is 4. The van der Waals surface area contributed by atoms with Gasteiger partial charge in [-0.2, -0.15) is 0 Å². The normalized spacial score (nSPS) is 11.3. The van der Waals surface area contributed by atoms with E-state index < -0.39 is 0 Å². The van der Waals surface area contributed by atoms with E-state index in [1.165, 1.54) is 21.9 Å². The summed E-state index contributed by atoms with van der Waals surface area (Å²) in [6.45, 7) is 1.18. The van der Waals surface area contributed by atoms with Crippen molar-refractivity contribution in [2.24, 2.45) is 11.5 Å². The van der Waals surface area contributed by atoms with E-state index in [9.17, 15) is 0 Å². The molecule has 0 saturated carbocycles. The summed E-state index contributed by atoms with van der Waals surface area (Å²) in [6, 6.07) is 21.6. The van der Waals surface area contributed by atoms with E-state index in [-0.39, 0.29) is 0 Å². The maximum absolute atomic E-state index is 5.63. The van der Waals surface area contributed by atoms with Crippen LogP contribution >= 0.6 is 0 Å². The fourth-order valence-electron chi connectivity index (χ4n) is 3.98. The maximum atomic E-state index is 5.63. The molecule has 0 unspecified atom stereocenters. The smallest absolute Gasteiger partial charge is 0.107 e.